The first-order valence-corrected chi connectivity index (χ1v) is 6.74. The van der Waals surface area contributed by atoms with E-state index < -0.39 is 16.9 Å². The highest BCUT2D eigenvalue weighted by Gasteiger charge is 2.34. The van der Waals surface area contributed by atoms with Crippen molar-refractivity contribution in [2.75, 3.05) is 20.2 Å². The van der Waals surface area contributed by atoms with Gasteiger partial charge in [0, 0.05) is 25.1 Å². The van der Waals surface area contributed by atoms with Crippen LogP contribution >= 0.6 is 0 Å². The van der Waals surface area contributed by atoms with Gasteiger partial charge in [-0.1, -0.05) is 6.07 Å². The second kappa shape index (κ2) is 6.09. The standard InChI is InChI=1S/C14H18N2O5/c1-9(17)10-6-7-15(8-10)14(18)13-11(16(19)20)4-3-5-12(13)21-2/h3-5,9-10,17H,6-8H2,1-2H3. The maximum atomic E-state index is 12.6. The summed E-state index contributed by atoms with van der Waals surface area (Å²) < 4.78 is 5.09. The van der Waals surface area contributed by atoms with Gasteiger partial charge in [0.1, 0.15) is 5.75 Å². The molecule has 0 radical (unpaired) electrons. The normalized spacial score (nSPS) is 19.4. The molecule has 2 unspecified atom stereocenters. The molecule has 0 saturated carbocycles. The Bertz CT molecular complexity index is 558. The molecule has 0 spiro atoms. The number of ether oxygens (including phenoxy) is 1. The topological polar surface area (TPSA) is 92.9 Å². The first-order valence-electron chi connectivity index (χ1n) is 6.74. The van der Waals surface area contributed by atoms with E-state index in [2.05, 4.69) is 0 Å². The number of rotatable bonds is 4. The van der Waals surface area contributed by atoms with Crippen molar-refractivity contribution in [1.29, 1.82) is 0 Å². The van der Waals surface area contributed by atoms with Crippen molar-refractivity contribution in [2.45, 2.75) is 19.4 Å². The zero-order valence-electron chi connectivity index (χ0n) is 12.0. The fourth-order valence-corrected chi connectivity index (χ4v) is 2.58. The third-order valence-corrected chi connectivity index (χ3v) is 3.83. The molecule has 1 aliphatic rings. The molecule has 7 nitrogen and oxygen atoms in total. The van der Waals surface area contributed by atoms with Crippen molar-refractivity contribution in [3.63, 3.8) is 0 Å². The highest BCUT2D eigenvalue weighted by Crippen LogP contribution is 2.31. The van der Waals surface area contributed by atoms with Gasteiger partial charge in [-0.05, 0) is 19.4 Å². The van der Waals surface area contributed by atoms with Crippen LogP contribution in [-0.2, 0) is 0 Å². The third kappa shape index (κ3) is 2.97. The molecule has 2 atom stereocenters. The number of amides is 1. The average Bonchev–Trinajstić information content (AvgIpc) is 2.95. The monoisotopic (exact) mass is 294 g/mol. The van der Waals surface area contributed by atoms with E-state index in [4.69, 9.17) is 4.74 Å². The van der Waals surface area contributed by atoms with Crippen LogP contribution in [0.5, 0.6) is 5.75 Å². The van der Waals surface area contributed by atoms with Crippen molar-refractivity contribution in [2.24, 2.45) is 5.92 Å². The number of benzene rings is 1. The smallest absolute Gasteiger partial charge is 0.285 e. The van der Waals surface area contributed by atoms with Crippen molar-refractivity contribution >= 4 is 11.6 Å². The Morgan fingerprint density at radius 2 is 2.29 bits per heavy atom. The summed E-state index contributed by atoms with van der Waals surface area (Å²) in [6, 6.07) is 4.30. The summed E-state index contributed by atoms with van der Waals surface area (Å²) in [6.45, 7) is 2.56. The number of nitrogens with zero attached hydrogens (tertiary/aromatic N) is 2. The fraction of sp³-hybridized carbons (Fsp3) is 0.500. The lowest BCUT2D eigenvalue weighted by molar-refractivity contribution is -0.385. The Kier molecular flexibility index (Phi) is 4.42. The Balaban J connectivity index is 2.33. The number of aliphatic hydroxyl groups excluding tert-OH is 1. The van der Waals surface area contributed by atoms with Crippen LogP contribution in [0.25, 0.3) is 0 Å². The zero-order chi connectivity index (χ0) is 15.6. The molecular formula is C14H18N2O5. The molecule has 1 saturated heterocycles. The van der Waals surface area contributed by atoms with Crippen LogP contribution in [-0.4, -0.2) is 47.1 Å². The highest BCUT2D eigenvalue weighted by molar-refractivity contribution is 6.01. The largest absolute Gasteiger partial charge is 0.496 e. The number of likely N-dealkylation sites (tertiary alicyclic amines) is 1. The summed E-state index contributed by atoms with van der Waals surface area (Å²) in [7, 11) is 1.37. The van der Waals surface area contributed by atoms with Gasteiger partial charge >= 0.3 is 0 Å². The van der Waals surface area contributed by atoms with Crippen LogP contribution < -0.4 is 4.74 Å². The predicted molar refractivity (Wildman–Crippen MR) is 75.3 cm³/mol. The van der Waals surface area contributed by atoms with Crippen LogP contribution in [0.1, 0.15) is 23.7 Å². The molecule has 1 N–H and O–H groups in total. The zero-order valence-corrected chi connectivity index (χ0v) is 12.0. The quantitative estimate of drug-likeness (QED) is 0.670. The Hall–Kier alpha value is -2.15. The molecule has 1 aromatic rings. The van der Waals surface area contributed by atoms with Crippen LogP contribution in [0.4, 0.5) is 5.69 Å². The molecular weight excluding hydrogens is 276 g/mol. The van der Waals surface area contributed by atoms with E-state index in [1.54, 1.807) is 6.92 Å². The molecule has 0 bridgehead atoms. The second-order valence-corrected chi connectivity index (χ2v) is 5.15. The number of methoxy groups -OCH3 is 1. The Labute approximate surface area is 122 Å². The summed E-state index contributed by atoms with van der Waals surface area (Å²) in [5, 5.41) is 20.7. The summed E-state index contributed by atoms with van der Waals surface area (Å²) in [4.78, 5) is 24.6. The van der Waals surface area contributed by atoms with Crippen LogP contribution in [0.2, 0.25) is 0 Å². The summed E-state index contributed by atoms with van der Waals surface area (Å²) in [6.07, 6.45) is 0.183. The van der Waals surface area contributed by atoms with Gasteiger partial charge in [-0.3, -0.25) is 14.9 Å². The maximum Gasteiger partial charge on any atom is 0.285 e. The van der Waals surface area contributed by atoms with Crippen LogP contribution in [0.3, 0.4) is 0 Å². The van der Waals surface area contributed by atoms with Crippen molar-refractivity contribution in [3.05, 3.63) is 33.9 Å². The minimum absolute atomic E-state index is 0.00251. The van der Waals surface area contributed by atoms with Gasteiger partial charge in [-0.2, -0.15) is 0 Å². The summed E-state index contributed by atoms with van der Waals surface area (Å²) in [5.74, 6) is -0.236. The summed E-state index contributed by atoms with van der Waals surface area (Å²) in [5.41, 5.74) is -0.295. The van der Waals surface area contributed by atoms with Crippen LogP contribution in [0.15, 0.2) is 18.2 Å². The maximum absolute atomic E-state index is 12.6. The van der Waals surface area contributed by atoms with Gasteiger partial charge < -0.3 is 14.7 Å². The third-order valence-electron chi connectivity index (χ3n) is 3.83. The molecule has 1 fully saturated rings. The molecule has 0 aliphatic carbocycles. The average molecular weight is 294 g/mol. The number of hydrogen-bond acceptors (Lipinski definition) is 5. The van der Waals surface area contributed by atoms with E-state index in [-0.39, 0.29) is 22.9 Å². The fourth-order valence-electron chi connectivity index (χ4n) is 2.58. The number of hydrogen-bond donors (Lipinski definition) is 1. The van der Waals surface area contributed by atoms with Gasteiger partial charge in [-0.25, -0.2) is 0 Å². The lowest BCUT2D eigenvalue weighted by Gasteiger charge is -2.19. The molecule has 0 aromatic heterocycles. The molecule has 1 heterocycles. The Morgan fingerprint density at radius 3 is 2.81 bits per heavy atom. The second-order valence-electron chi connectivity index (χ2n) is 5.15. The molecule has 1 amide bonds. The predicted octanol–water partition coefficient (Wildman–Crippen LogP) is 1.45. The SMILES string of the molecule is COc1cccc([N+](=O)[O-])c1C(=O)N1CCC(C(C)O)C1. The summed E-state index contributed by atoms with van der Waals surface area (Å²) >= 11 is 0. The number of carbonyl (C=O) groups excluding carboxylic acids is 1. The van der Waals surface area contributed by atoms with E-state index in [0.29, 0.717) is 19.5 Å². The minimum atomic E-state index is -0.585. The van der Waals surface area contributed by atoms with Crippen LogP contribution in [0, 0.1) is 16.0 Å². The minimum Gasteiger partial charge on any atom is -0.496 e. The van der Waals surface area contributed by atoms with Gasteiger partial charge in [0.25, 0.3) is 11.6 Å². The van der Waals surface area contributed by atoms with E-state index in [1.165, 1.54) is 30.2 Å². The van der Waals surface area contributed by atoms with E-state index in [0.717, 1.165) is 0 Å². The van der Waals surface area contributed by atoms with Gasteiger partial charge in [-0.15, -0.1) is 0 Å². The van der Waals surface area contributed by atoms with Crippen molar-refractivity contribution in [1.82, 2.24) is 4.90 Å². The highest BCUT2D eigenvalue weighted by atomic mass is 16.6. The van der Waals surface area contributed by atoms with Gasteiger partial charge in [0.05, 0.1) is 18.1 Å². The number of nitro benzene ring substituents is 1. The van der Waals surface area contributed by atoms with Crippen molar-refractivity contribution in [3.8, 4) is 5.75 Å². The van der Waals surface area contributed by atoms with Gasteiger partial charge in [0.2, 0.25) is 0 Å². The molecule has 114 valence electrons. The Morgan fingerprint density at radius 1 is 1.57 bits per heavy atom. The van der Waals surface area contributed by atoms with Crippen molar-refractivity contribution < 1.29 is 19.6 Å². The van der Waals surface area contributed by atoms with E-state index >= 15 is 0 Å². The number of nitro groups is 1. The van der Waals surface area contributed by atoms with E-state index in [9.17, 15) is 20.0 Å². The first-order chi connectivity index (χ1) is 9.95. The number of aliphatic hydroxyl groups is 1. The lowest BCUT2D eigenvalue weighted by Crippen LogP contribution is -2.31. The number of carbonyl (C=O) groups is 1. The molecule has 1 aromatic carbocycles. The van der Waals surface area contributed by atoms with E-state index in [1.807, 2.05) is 0 Å². The lowest BCUT2D eigenvalue weighted by atomic mass is 10.0. The molecule has 1 aliphatic heterocycles. The first kappa shape index (κ1) is 15.2. The molecule has 7 heteroatoms. The van der Waals surface area contributed by atoms with Gasteiger partial charge in [0.15, 0.2) is 5.56 Å². The molecule has 21 heavy (non-hydrogen) atoms. The molecule has 2 rings (SSSR count).